The van der Waals surface area contributed by atoms with Crippen molar-refractivity contribution in [1.29, 1.82) is 0 Å². The van der Waals surface area contributed by atoms with Gasteiger partial charge in [-0.25, -0.2) is 0 Å². The van der Waals surface area contributed by atoms with E-state index < -0.39 is 11.5 Å². The summed E-state index contributed by atoms with van der Waals surface area (Å²) in [6, 6.07) is 13.6. The van der Waals surface area contributed by atoms with Crippen LogP contribution in [0, 0.1) is 5.92 Å². The van der Waals surface area contributed by atoms with Crippen LogP contribution in [0.4, 0.5) is 0 Å². The molecule has 0 N–H and O–H groups in total. The van der Waals surface area contributed by atoms with Gasteiger partial charge in [0.15, 0.2) is 0 Å². The van der Waals surface area contributed by atoms with Crippen LogP contribution in [0.25, 0.3) is 0 Å². The summed E-state index contributed by atoms with van der Waals surface area (Å²) in [7, 11) is 0. The molecule has 3 aliphatic rings. The van der Waals surface area contributed by atoms with Gasteiger partial charge in [-0.1, -0.05) is 42.8 Å². The molecule has 2 amide bonds. The first kappa shape index (κ1) is 24.4. The standard InChI is InChI=1S/C28H33N3O5/c32-25-19-31(27(34)24-14-26(33)36-28(24)11-5-2-6-12-28)18-23(35-20-22-10-7-13-29-15-22)17-30(25)16-21-8-3-1-4-9-21/h1,3-4,7-10,13,15,23-24H,2,5-6,11-12,14,16-20H2/t23-,24-/m1/s1. The second-order valence-corrected chi connectivity index (χ2v) is 10.1. The molecule has 0 unspecified atom stereocenters. The molecule has 1 saturated carbocycles. The molecule has 1 aliphatic carbocycles. The Morgan fingerprint density at radius 2 is 1.81 bits per heavy atom. The number of pyridine rings is 1. The number of benzene rings is 1. The Hall–Kier alpha value is -3.26. The Balaban J connectivity index is 1.36. The number of nitrogens with zero attached hydrogens (tertiary/aromatic N) is 3. The van der Waals surface area contributed by atoms with Crippen LogP contribution in [-0.4, -0.2) is 63.9 Å². The molecule has 0 bridgehead atoms. The van der Waals surface area contributed by atoms with Gasteiger partial charge in [-0.3, -0.25) is 19.4 Å². The van der Waals surface area contributed by atoms with Crippen molar-refractivity contribution in [1.82, 2.24) is 14.8 Å². The van der Waals surface area contributed by atoms with Crippen molar-refractivity contribution in [3.8, 4) is 0 Å². The second-order valence-electron chi connectivity index (χ2n) is 10.1. The number of carbonyl (C=O) groups is 3. The summed E-state index contributed by atoms with van der Waals surface area (Å²) >= 11 is 0. The van der Waals surface area contributed by atoms with Crippen LogP contribution in [0.2, 0.25) is 0 Å². The lowest BCUT2D eigenvalue weighted by Gasteiger charge is -2.38. The highest BCUT2D eigenvalue weighted by atomic mass is 16.6. The van der Waals surface area contributed by atoms with Crippen molar-refractivity contribution in [3.05, 3.63) is 66.0 Å². The number of amides is 2. The average molecular weight is 492 g/mol. The molecule has 1 aromatic heterocycles. The monoisotopic (exact) mass is 491 g/mol. The van der Waals surface area contributed by atoms with Gasteiger partial charge in [0, 0.05) is 32.0 Å². The highest BCUT2D eigenvalue weighted by Crippen LogP contribution is 2.45. The van der Waals surface area contributed by atoms with Gasteiger partial charge in [0.2, 0.25) is 11.8 Å². The van der Waals surface area contributed by atoms with Gasteiger partial charge >= 0.3 is 5.97 Å². The van der Waals surface area contributed by atoms with Gasteiger partial charge in [-0.2, -0.15) is 0 Å². The smallest absolute Gasteiger partial charge is 0.307 e. The lowest BCUT2D eigenvalue weighted by Crippen LogP contribution is -2.49. The van der Waals surface area contributed by atoms with E-state index in [1.165, 1.54) is 0 Å². The first-order valence-corrected chi connectivity index (χ1v) is 12.9. The minimum absolute atomic E-state index is 0.0286. The number of aromatic nitrogens is 1. The minimum atomic E-state index is -0.725. The van der Waals surface area contributed by atoms with Crippen LogP contribution in [0.1, 0.15) is 49.7 Å². The molecular formula is C28H33N3O5. The van der Waals surface area contributed by atoms with Crippen molar-refractivity contribution in [2.24, 2.45) is 5.92 Å². The molecular weight excluding hydrogens is 458 g/mol. The molecule has 2 aromatic rings. The van der Waals surface area contributed by atoms with Crippen LogP contribution < -0.4 is 0 Å². The quantitative estimate of drug-likeness (QED) is 0.577. The molecule has 1 spiro atoms. The van der Waals surface area contributed by atoms with E-state index in [-0.39, 0.29) is 43.4 Å². The molecule has 3 fully saturated rings. The summed E-state index contributed by atoms with van der Waals surface area (Å²) in [5, 5.41) is 0. The third-order valence-corrected chi connectivity index (χ3v) is 7.58. The molecule has 8 nitrogen and oxygen atoms in total. The Bertz CT molecular complexity index is 1070. The molecule has 1 aromatic carbocycles. The van der Waals surface area contributed by atoms with Crippen molar-refractivity contribution >= 4 is 17.8 Å². The maximum absolute atomic E-state index is 13.9. The van der Waals surface area contributed by atoms with E-state index in [2.05, 4.69) is 4.98 Å². The Morgan fingerprint density at radius 1 is 1.03 bits per heavy atom. The fourth-order valence-corrected chi connectivity index (χ4v) is 5.73. The predicted molar refractivity (Wildman–Crippen MR) is 131 cm³/mol. The van der Waals surface area contributed by atoms with E-state index in [1.54, 1.807) is 22.2 Å². The fourth-order valence-electron chi connectivity index (χ4n) is 5.73. The summed E-state index contributed by atoms with van der Waals surface area (Å²) in [4.78, 5) is 47.1. The van der Waals surface area contributed by atoms with Crippen molar-refractivity contribution in [2.75, 3.05) is 19.6 Å². The van der Waals surface area contributed by atoms with E-state index in [9.17, 15) is 14.4 Å². The number of carbonyl (C=O) groups excluding carboxylic acids is 3. The zero-order chi connectivity index (χ0) is 25.0. The molecule has 2 atom stereocenters. The topological polar surface area (TPSA) is 89.0 Å². The fraction of sp³-hybridized carbons (Fsp3) is 0.500. The normalized spacial score (nSPS) is 24.0. The molecule has 2 aliphatic heterocycles. The number of hydrogen-bond acceptors (Lipinski definition) is 6. The van der Waals surface area contributed by atoms with E-state index in [0.29, 0.717) is 32.5 Å². The van der Waals surface area contributed by atoms with E-state index in [1.807, 2.05) is 42.5 Å². The molecule has 8 heteroatoms. The summed E-state index contributed by atoms with van der Waals surface area (Å²) in [5.41, 5.74) is 1.22. The van der Waals surface area contributed by atoms with Gasteiger partial charge in [0.05, 0.1) is 31.6 Å². The van der Waals surface area contributed by atoms with E-state index >= 15 is 0 Å². The van der Waals surface area contributed by atoms with E-state index in [4.69, 9.17) is 9.47 Å². The summed E-state index contributed by atoms with van der Waals surface area (Å²) < 4.78 is 12.0. The van der Waals surface area contributed by atoms with Crippen molar-refractivity contribution in [2.45, 2.75) is 63.4 Å². The maximum atomic E-state index is 13.9. The lowest BCUT2D eigenvalue weighted by molar-refractivity contribution is -0.157. The highest BCUT2D eigenvalue weighted by molar-refractivity contribution is 5.91. The summed E-state index contributed by atoms with van der Waals surface area (Å²) in [6.07, 6.45) is 7.55. The maximum Gasteiger partial charge on any atom is 0.307 e. The zero-order valence-electron chi connectivity index (χ0n) is 20.5. The van der Waals surface area contributed by atoms with E-state index in [0.717, 1.165) is 30.4 Å². The first-order chi connectivity index (χ1) is 17.5. The molecule has 190 valence electrons. The Morgan fingerprint density at radius 3 is 2.56 bits per heavy atom. The van der Waals surface area contributed by atoms with Crippen LogP contribution in [0.5, 0.6) is 0 Å². The summed E-state index contributed by atoms with van der Waals surface area (Å²) in [5.74, 6) is -1.15. The largest absolute Gasteiger partial charge is 0.458 e. The lowest BCUT2D eigenvalue weighted by atomic mass is 9.75. The van der Waals surface area contributed by atoms with Crippen molar-refractivity contribution < 1.29 is 23.9 Å². The second kappa shape index (κ2) is 10.8. The molecule has 0 radical (unpaired) electrons. The van der Waals surface area contributed by atoms with Gasteiger partial charge in [0.1, 0.15) is 5.60 Å². The van der Waals surface area contributed by atoms with Gasteiger partial charge in [0.25, 0.3) is 0 Å². The number of rotatable bonds is 6. The van der Waals surface area contributed by atoms with Crippen LogP contribution in [0.3, 0.4) is 0 Å². The van der Waals surface area contributed by atoms with Crippen LogP contribution in [-0.2, 0) is 37.0 Å². The molecule has 2 saturated heterocycles. The Kier molecular flexibility index (Phi) is 7.32. The average Bonchev–Trinajstić information content (AvgIpc) is 3.12. The molecule has 3 heterocycles. The van der Waals surface area contributed by atoms with Gasteiger partial charge < -0.3 is 19.3 Å². The molecule has 5 rings (SSSR count). The zero-order valence-corrected chi connectivity index (χ0v) is 20.5. The third-order valence-electron chi connectivity index (χ3n) is 7.58. The summed E-state index contributed by atoms with van der Waals surface area (Å²) in [6.45, 7) is 1.42. The minimum Gasteiger partial charge on any atom is -0.458 e. The number of ether oxygens (including phenoxy) is 2. The SMILES string of the molecule is O=C1C[C@H](C(=O)N2CC(=O)N(Cc3ccccc3)C[C@@H](OCc3cccnc3)C2)C2(CCCCC2)O1. The van der Waals surface area contributed by atoms with Gasteiger partial charge in [-0.15, -0.1) is 0 Å². The van der Waals surface area contributed by atoms with Gasteiger partial charge in [-0.05, 0) is 42.9 Å². The molecule has 36 heavy (non-hydrogen) atoms. The first-order valence-electron chi connectivity index (χ1n) is 12.9. The number of hydrogen-bond donors (Lipinski definition) is 0. The third kappa shape index (κ3) is 5.43. The van der Waals surface area contributed by atoms with Crippen LogP contribution in [0.15, 0.2) is 54.9 Å². The van der Waals surface area contributed by atoms with Crippen molar-refractivity contribution in [3.63, 3.8) is 0 Å². The Labute approximate surface area is 211 Å². The number of esters is 1. The predicted octanol–water partition coefficient (Wildman–Crippen LogP) is 3.10. The van der Waals surface area contributed by atoms with Crippen LogP contribution >= 0.6 is 0 Å². The highest BCUT2D eigenvalue weighted by Gasteiger charge is 2.54.